The third-order valence-electron chi connectivity index (χ3n) is 4.74. The fourth-order valence-corrected chi connectivity index (χ4v) is 4.34. The molecule has 1 unspecified atom stereocenters. The molecule has 3 aromatic rings. The Kier molecular flexibility index (Phi) is 5.94. The van der Waals surface area contributed by atoms with E-state index in [4.69, 9.17) is 0 Å². The van der Waals surface area contributed by atoms with Crippen molar-refractivity contribution in [2.75, 3.05) is 4.90 Å². The number of hydrogen-bond acceptors (Lipinski definition) is 5. The van der Waals surface area contributed by atoms with Gasteiger partial charge >= 0.3 is 0 Å². The summed E-state index contributed by atoms with van der Waals surface area (Å²) in [7, 11) is 0. The number of rotatable bonds is 5. The average Bonchev–Trinajstić information content (AvgIpc) is 2.75. The molecular weight excluding hydrogens is 422 g/mol. The highest BCUT2D eigenvalue weighted by Gasteiger charge is 2.31. The Bertz CT molecular complexity index is 1120. The summed E-state index contributed by atoms with van der Waals surface area (Å²) in [4.78, 5) is 35.8. The molecule has 0 radical (unpaired) electrons. The third kappa shape index (κ3) is 4.72. The molecule has 1 aliphatic heterocycles. The van der Waals surface area contributed by atoms with Crippen LogP contribution in [0.5, 0.6) is 0 Å². The zero-order valence-corrected chi connectivity index (χ0v) is 17.3. The highest BCUT2D eigenvalue weighted by atomic mass is 32.2. The summed E-state index contributed by atoms with van der Waals surface area (Å²) < 4.78 is 27.3. The molecule has 9 heteroatoms. The molecule has 158 valence electrons. The lowest BCUT2D eigenvalue weighted by atomic mass is 10.1. The average molecular weight is 440 g/mol. The normalized spacial score (nSPS) is 15.5. The topological polar surface area (TPSA) is 75.2 Å². The number of aromatic nitrogens is 2. The summed E-state index contributed by atoms with van der Waals surface area (Å²) >= 11 is 1.38. The predicted molar refractivity (Wildman–Crippen MR) is 113 cm³/mol. The van der Waals surface area contributed by atoms with E-state index in [1.807, 2.05) is 0 Å². The first-order chi connectivity index (χ1) is 14.9. The molecule has 6 nitrogen and oxygen atoms in total. The fraction of sp³-hybridized carbons (Fsp3) is 0.182. The van der Waals surface area contributed by atoms with E-state index < -0.39 is 11.6 Å². The Balaban J connectivity index is 1.60. The standard InChI is InChI=1S/C22H18F2N4O2S/c1-13-22(30)28(12-14-6-16(23)9-17(24)7-14)19-8-15(2-3-20(19)31-13)21(29)27-11-18-10-25-4-5-26-18/h2-10,13H,11-12H2,1H3,(H,27,29). The Morgan fingerprint density at radius 2 is 1.94 bits per heavy atom. The summed E-state index contributed by atoms with van der Waals surface area (Å²) in [5.74, 6) is -1.95. The summed E-state index contributed by atoms with van der Waals surface area (Å²) in [6, 6.07) is 8.25. The second kappa shape index (κ2) is 8.81. The number of anilines is 1. The molecule has 1 aliphatic rings. The van der Waals surface area contributed by atoms with Crippen molar-refractivity contribution in [1.29, 1.82) is 0 Å². The molecule has 31 heavy (non-hydrogen) atoms. The lowest BCUT2D eigenvalue weighted by molar-refractivity contribution is -0.118. The van der Waals surface area contributed by atoms with Gasteiger partial charge in [0.1, 0.15) is 11.6 Å². The largest absolute Gasteiger partial charge is 0.346 e. The van der Waals surface area contributed by atoms with Gasteiger partial charge in [0.25, 0.3) is 5.91 Å². The van der Waals surface area contributed by atoms with Gasteiger partial charge in [-0.1, -0.05) is 0 Å². The van der Waals surface area contributed by atoms with Gasteiger partial charge in [-0.05, 0) is 42.8 Å². The van der Waals surface area contributed by atoms with Crippen LogP contribution in [-0.2, 0) is 17.9 Å². The number of fused-ring (bicyclic) bond motifs is 1. The van der Waals surface area contributed by atoms with Crippen LogP contribution in [0.4, 0.5) is 14.5 Å². The van der Waals surface area contributed by atoms with E-state index in [0.717, 1.165) is 11.0 Å². The number of halogens is 2. The maximum Gasteiger partial charge on any atom is 0.251 e. The van der Waals surface area contributed by atoms with E-state index in [9.17, 15) is 18.4 Å². The van der Waals surface area contributed by atoms with Crippen molar-refractivity contribution in [3.8, 4) is 0 Å². The maximum absolute atomic E-state index is 13.6. The number of carbonyl (C=O) groups is 2. The molecule has 2 aromatic carbocycles. The molecule has 0 spiro atoms. The smallest absolute Gasteiger partial charge is 0.251 e. The van der Waals surface area contributed by atoms with Crippen LogP contribution in [0.3, 0.4) is 0 Å². The Labute approximate surface area is 181 Å². The highest BCUT2D eigenvalue weighted by Crippen LogP contribution is 2.40. The van der Waals surface area contributed by atoms with E-state index in [2.05, 4.69) is 15.3 Å². The third-order valence-corrected chi connectivity index (χ3v) is 5.89. The van der Waals surface area contributed by atoms with E-state index in [-0.39, 0.29) is 30.2 Å². The predicted octanol–water partition coefficient (Wildman–Crippen LogP) is 3.71. The summed E-state index contributed by atoms with van der Waals surface area (Å²) in [5, 5.41) is 2.41. The van der Waals surface area contributed by atoms with Crippen LogP contribution >= 0.6 is 11.8 Å². The molecule has 0 saturated heterocycles. The van der Waals surface area contributed by atoms with Gasteiger partial charge in [-0.2, -0.15) is 0 Å². The van der Waals surface area contributed by atoms with Crippen LogP contribution in [0.2, 0.25) is 0 Å². The number of carbonyl (C=O) groups excluding carboxylic acids is 2. The SMILES string of the molecule is CC1Sc2ccc(C(=O)NCc3cnccn3)cc2N(Cc2cc(F)cc(F)c2)C1=O. The van der Waals surface area contributed by atoms with E-state index in [0.29, 0.717) is 22.5 Å². The van der Waals surface area contributed by atoms with E-state index in [1.165, 1.54) is 35.0 Å². The minimum atomic E-state index is -0.709. The van der Waals surface area contributed by atoms with Crippen molar-refractivity contribution in [3.05, 3.63) is 83.4 Å². The van der Waals surface area contributed by atoms with Gasteiger partial charge in [-0.25, -0.2) is 8.78 Å². The molecule has 1 atom stereocenters. The van der Waals surface area contributed by atoms with Crippen LogP contribution < -0.4 is 10.2 Å². The number of thioether (sulfide) groups is 1. The monoisotopic (exact) mass is 440 g/mol. The van der Waals surface area contributed by atoms with Crippen molar-refractivity contribution in [1.82, 2.24) is 15.3 Å². The second-order valence-corrected chi connectivity index (χ2v) is 8.41. The van der Waals surface area contributed by atoms with Gasteiger partial charge in [0.05, 0.1) is 35.9 Å². The van der Waals surface area contributed by atoms with Crippen molar-refractivity contribution >= 4 is 29.3 Å². The summed E-state index contributed by atoms with van der Waals surface area (Å²) in [6.07, 6.45) is 4.64. The van der Waals surface area contributed by atoms with Crippen LogP contribution in [0.1, 0.15) is 28.5 Å². The number of amides is 2. The van der Waals surface area contributed by atoms with Crippen molar-refractivity contribution in [2.24, 2.45) is 0 Å². The van der Waals surface area contributed by atoms with Crippen molar-refractivity contribution in [2.45, 2.75) is 30.2 Å². The second-order valence-electron chi connectivity index (χ2n) is 7.02. The van der Waals surface area contributed by atoms with Crippen LogP contribution in [0, 0.1) is 11.6 Å². The Morgan fingerprint density at radius 1 is 1.16 bits per heavy atom. The first kappa shape index (κ1) is 20.9. The molecule has 2 amide bonds. The molecule has 0 saturated carbocycles. The van der Waals surface area contributed by atoms with E-state index >= 15 is 0 Å². The van der Waals surface area contributed by atoms with Crippen LogP contribution in [-0.4, -0.2) is 27.0 Å². The van der Waals surface area contributed by atoms with Gasteiger partial charge in [0.15, 0.2) is 0 Å². The summed E-state index contributed by atoms with van der Waals surface area (Å²) in [6.45, 7) is 1.98. The molecular formula is C22H18F2N4O2S. The minimum absolute atomic E-state index is 0.00388. The number of nitrogens with one attached hydrogen (secondary N) is 1. The number of benzene rings is 2. The minimum Gasteiger partial charge on any atom is -0.346 e. The molecule has 0 bridgehead atoms. The highest BCUT2D eigenvalue weighted by molar-refractivity contribution is 8.01. The Morgan fingerprint density at radius 3 is 2.65 bits per heavy atom. The van der Waals surface area contributed by atoms with Crippen molar-refractivity contribution in [3.63, 3.8) is 0 Å². The van der Waals surface area contributed by atoms with Gasteiger partial charge < -0.3 is 10.2 Å². The zero-order chi connectivity index (χ0) is 22.0. The quantitative estimate of drug-likeness (QED) is 0.655. The molecule has 4 rings (SSSR count). The number of hydrogen-bond donors (Lipinski definition) is 1. The molecule has 2 heterocycles. The maximum atomic E-state index is 13.6. The van der Waals surface area contributed by atoms with Gasteiger partial charge in [0, 0.05) is 28.9 Å². The molecule has 1 N–H and O–H groups in total. The van der Waals surface area contributed by atoms with Gasteiger partial charge in [0.2, 0.25) is 5.91 Å². The van der Waals surface area contributed by atoms with Crippen molar-refractivity contribution < 1.29 is 18.4 Å². The van der Waals surface area contributed by atoms with E-state index in [1.54, 1.807) is 37.5 Å². The molecule has 1 aromatic heterocycles. The molecule has 0 fully saturated rings. The fourth-order valence-electron chi connectivity index (χ4n) is 3.29. The zero-order valence-electron chi connectivity index (χ0n) is 16.5. The van der Waals surface area contributed by atoms with Crippen LogP contribution in [0.25, 0.3) is 0 Å². The van der Waals surface area contributed by atoms with Gasteiger partial charge in [-0.15, -0.1) is 11.8 Å². The summed E-state index contributed by atoms with van der Waals surface area (Å²) in [5.41, 5.74) is 1.84. The Hall–Kier alpha value is -3.33. The van der Waals surface area contributed by atoms with Gasteiger partial charge in [-0.3, -0.25) is 19.6 Å². The molecule has 0 aliphatic carbocycles. The number of nitrogens with zero attached hydrogens (tertiary/aromatic N) is 3. The van der Waals surface area contributed by atoms with Crippen LogP contribution in [0.15, 0.2) is 59.9 Å². The lowest BCUT2D eigenvalue weighted by Crippen LogP contribution is -2.39. The first-order valence-corrected chi connectivity index (χ1v) is 10.4. The first-order valence-electron chi connectivity index (χ1n) is 9.51. The lowest BCUT2D eigenvalue weighted by Gasteiger charge is -2.32.